The van der Waals surface area contributed by atoms with E-state index in [1.54, 1.807) is 18.2 Å². The molecule has 0 aromatic heterocycles. The van der Waals surface area contributed by atoms with Crippen LogP contribution < -0.4 is 23.7 Å². The van der Waals surface area contributed by atoms with Crippen molar-refractivity contribution in [2.75, 3.05) is 28.4 Å². The second-order valence-corrected chi connectivity index (χ2v) is 8.52. The summed E-state index contributed by atoms with van der Waals surface area (Å²) in [5, 5.41) is 10.4. The maximum Gasteiger partial charge on any atom is 0.340 e. The number of rotatable bonds is 10. The number of benzene rings is 2. The van der Waals surface area contributed by atoms with E-state index in [1.165, 1.54) is 53.6 Å². The number of hydrogen-bond donors (Lipinski definition) is 1. The van der Waals surface area contributed by atoms with Gasteiger partial charge < -0.3 is 28.8 Å². The lowest BCUT2D eigenvalue weighted by molar-refractivity contribution is -0.142. The van der Waals surface area contributed by atoms with E-state index < -0.39 is 21.9 Å². The molecule has 2 rings (SSSR count). The second kappa shape index (κ2) is 10.9. The number of methoxy groups -OCH3 is 4. The molecule has 9 nitrogen and oxygen atoms in total. The average Bonchev–Trinajstić information content (AvgIpc) is 2.76. The SMILES string of the molecule is COc1cc(OC)c(C=CS(=O)(=O)Cc2ccc(OC)c(OC(=O)C(C)O)c2)c(OC)c1. The molecule has 1 N–H and O–H groups in total. The van der Waals surface area contributed by atoms with E-state index in [0.29, 0.717) is 28.4 Å². The van der Waals surface area contributed by atoms with Gasteiger partial charge in [0.2, 0.25) is 0 Å². The van der Waals surface area contributed by atoms with Gasteiger partial charge in [-0.1, -0.05) is 6.07 Å². The van der Waals surface area contributed by atoms with E-state index in [1.807, 2.05) is 0 Å². The lowest BCUT2D eigenvalue weighted by Gasteiger charge is -2.13. The van der Waals surface area contributed by atoms with Crippen LogP contribution in [-0.4, -0.2) is 54.0 Å². The maximum atomic E-state index is 12.7. The standard InChI is InChI=1S/C22H26O9S/c1-14(23)22(24)31-21-10-15(6-7-18(21)28-3)13-32(25,26)9-8-17-19(29-4)11-16(27-2)12-20(17)30-5/h6-12,14,23H,13H2,1-5H3. The van der Waals surface area contributed by atoms with Crippen molar-refractivity contribution < 1.29 is 42.0 Å². The molecule has 2 aromatic rings. The molecule has 0 amide bonds. The lowest BCUT2D eigenvalue weighted by Crippen LogP contribution is -2.22. The number of carbonyl (C=O) groups is 1. The van der Waals surface area contributed by atoms with Gasteiger partial charge in [0.05, 0.1) is 39.8 Å². The Balaban J connectivity index is 2.33. The van der Waals surface area contributed by atoms with Crippen molar-refractivity contribution in [1.82, 2.24) is 0 Å². The van der Waals surface area contributed by atoms with Gasteiger partial charge in [0.15, 0.2) is 21.3 Å². The van der Waals surface area contributed by atoms with Gasteiger partial charge in [-0.3, -0.25) is 0 Å². The number of esters is 1. The van der Waals surface area contributed by atoms with Crippen molar-refractivity contribution in [3.05, 3.63) is 46.9 Å². The summed E-state index contributed by atoms with van der Waals surface area (Å²) >= 11 is 0. The van der Waals surface area contributed by atoms with Crippen LogP contribution in [0.2, 0.25) is 0 Å². The zero-order chi connectivity index (χ0) is 23.9. The van der Waals surface area contributed by atoms with Crippen molar-refractivity contribution in [2.24, 2.45) is 0 Å². The number of aliphatic hydroxyl groups excluding tert-OH is 1. The first-order chi connectivity index (χ1) is 15.1. The molecule has 2 aromatic carbocycles. The van der Waals surface area contributed by atoms with Crippen LogP contribution in [0.25, 0.3) is 6.08 Å². The zero-order valence-electron chi connectivity index (χ0n) is 18.4. The Morgan fingerprint density at radius 1 is 0.938 bits per heavy atom. The topological polar surface area (TPSA) is 118 Å². The Morgan fingerprint density at radius 2 is 1.53 bits per heavy atom. The molecule has 0 bridgehead atoms. The molecule has 0 heterocycles. The monoisotopic (exact) mass is 466 g/mol. The summed E-state index contributed by atoms with van der Waals surface area (Å²) in [4.78, 5) is 11.7. The third-order valence-electron chi connectivity index (χ3n) is 4.34. The molecular weight excluding hydrogens is 440 g/mol. The summed E-state index contributed by atoms with van der Waals surface area (Å²) in [6.07, 6.45) is 0.0362. The number of sulfone groups is 1. The van der Waals surface area contributed by atoms with Gasteiger partial charge in [-0.25, -0.2) is 13.2 Å². The van der Waals surface area contributed by atoms with Crippen LogP contribution in [0.3, 0.4) is 0 Å². The Labute approximate surface area is 187 Å². The van der Waals surface area contributed by atoms with Crippen LogP contribution >= 0.6 is 0 Å². The van der Waals surface area contributed by atoms with Crippen LogP contribution in [-0.2, 0) is 20.4 Å². The predicted octanol–water partition coefficient (Wildman–Crippen LogP) is 2.59. The minimum absolute atomic E-state index is 0.00794. The van der Waals surface area contributed by atoms with Crippen LogP contribution in [0.5, 0.6) is 28.7 Å². The molecule has 174 valence electrons. The Kier molecular flexibility index (Phi) is 8.50. The summed E-state index contributed by atoms with van der Waals surface area (Å²) in [5.74, 6) is 0.233. The number of ether oxygens (including phenoxy) is 5. The van der Waals surface area contributed by atoms with Gasteiger partial charge in [-0.15, -0.1) is 0 Å². The third-order valence-corrected chi connectivity index (χ3v) is 5.63. The minimum atomic E-state index is -3.73. The highest BCUT2D eigenvalue weighted by Crippen LogP contribution is 2.35. The summed E-state index contributed by atoms with van der Waals surface area (Å²) in [5.41, 5.74) is 0.790. The zero-order valence-corrected chi connectivity index (χ0v) is 19.3. The van der Waals surface area contributed by atoms with Crippen LogP contribution in [0.1, 0.15) is 18.1 Å². The van der Waals surface area contributed by atoms with Crippen LogP contribution in [0.4, 0.5) is 0 Å². The summed E-state index contributed by atoms with van der Waals surface area (Å²) in [6, 6.07) is 7.62. The molecular formula is C22H26O9S. The highest BCUT2D eigenvalue weighted by Gasteiger charge is 2.18. The smallest absolute Gasteiger partial charge is 0.340 e. The minimum Gasteiger partial charge on any atom is -0.496 e. The van der Waals surface area contributed by atoms with Crippen molar-refractivity contribution in [3.8, 4) is 28.7 Å². The molecule has 0 spiro atoms. The molecule has 10 heteroatoms. The van der Waals surface area contributed by atoms with E-state index in [9.17, 15) is 18.3 Å². The Hall–Kier alpha value is -3.24. The van der Waals surface area contributed by atoms with E-state index in [-0.39, 0.29) is 17.3 Å². The van der Waals surface area contributed by atoms with E-state index in [2.05, 4.69) is 0 Å². The molecule has 0 fully saturated rings. The van der Waals surface area contributed by atoms with Gasteiger partial charge >= 0.3 is 5.97 Å². The fraction of sp³-hybridized carbons (Fsp3) is 0.318. The normalized spacial score (nSPS) is 12.3. The second-order valence-electron chi connectivity index (χ2n) is 6.64. The van der Waals surface area contributed by atoms with E-state index in [0.717, 1.165) is 5.41 Å². The summed E-state index contributed by atoms with van der Waals surface area (Å²) in [7, 11) is 2.05. The van der Waals surface area contributed by atoms with E-state index >= 15 is 0 Å². The Bertz CT molecular complexity index is 1060. The number of aliphatic hydroxyl groups is 1. The highest BCUT2D eigenvalue weighted by molar-refractivity contribution is 7.93. The summed E-state index contributed by atoms with van der Waals surface area (Å²) < 4.78 is 51.5. The fourth-order valence-electron chi connectivity index (χ4n) is 2.73. The van der Waals surface area contributed by atoms with Gasteiger partial charge in [0, 0.05) is 17.5 Å². The van der Waals surface area contributed by atoms with Gasteiger partial charge in [0.1, 0.15) is 23.4 Å². The van der Waals surface area contributed by atoms with Gasteiger partial charge in [-0.05, 0) is 30.7 Å². The van der Waals surface area contributed by atoms with E-state index in [4.69, 9.17) is 23.7 Å². The largest absolute Gasteiger partial charge is 0.496 e. The predicted molar refractivity (Wildman–Crippen MR) is 118 cm³/mol. The van der Waals surface area contributed by atoms with Crippen molar-refractivity contribution in [3.63, 3.8) is 0 Å². The molecule has 0 aliphatic carbocycles. The molecule has 0 saturated heterocycles. The number of hydrogen-bond acceptors (Lipinski definition) is 9. The first-order valence-corrected chi connectivity index (χ1v) is 11.1. The summed E-state index contributed by atoms with van der Waals surface area (Å²) in [6.45, 7) is 1.26. The molecule has 1 unspecified atom stereocenters. The molecule has 0 radical (unpaired) electrons. The third kappa shape index (κ3) is 6.38. The first-order valence-electron chi connectivity index (χ1n) is 9.41. The maximum absolute atomic E-state index is 12.7. The van der Waals surface area contributed by atoms with Crippen molar-refractivity contribution in [2.45, 2.75) is 18.8 Å². The van der Waals surface area contributed by atoms with Crippen molar-refractivity contribution >= 4 is 21.9 Å². The van der Waals surface area contributed by atoms with Gasteiger partial charge in [0.25, 0.3) is 0 Å². The highest BCUT2D eigenvalue weighted by atomic mass is 32.2. The molecule has 0 aliphatic rings. The van der Waals surface area contributed by atoms with Crippen LogP contribution in [0, 0.1) is 0 Å². The molecule has 0 aliphatic heterocycles. The number of carbonyl (C=O) groups excluding carboxylic acids is 1. The molecule has 0 saturated carbocycles. The van der Waals surface area contributed by atoms with Crippen molar-refractivity contribution in [1.29, 1.82) is 0 Å². The first kappa shape index (κ1) is 25.0. The Morgan fingerprint density at radius 3 is 2.03 bits per heavy atom. The lowest BCUT2D eigenvalue weighted by atomic mass is 10.1. The fourth-order valence-corrected chi connectivity index (χ4v) is 3.82. The molecule has 32 heavy (non-hydrogen) atoms. The average molecular weight is 467 g/mol. The van der Waals surface area contributed by atoms with Gasteiger partial charge in [-0.2, -0.15) is 0 Å². The quantitative estimate of drug-likeness (QED) is 0.416. The van der Waals surface area contributed by atoms with Crippen LogP contribution in [0.15, 0.2) is 35.7 Å². The molecule has 1 atom stereocenters.